The number of fused-ring (bicyclic) bond motifs is 1. The van der Waals surface area contributed by atoms with Crippen molar-refractivity contribution in [2.45, 2.75) is 25.8 Å². The van der Waals surface area contributed by atoms with Gasteiger partial charge >= 0.3 is 5.97 Å². The van der Waals surface area contributed by atoms with Crippen molar-refractivity contribution >= 4 is 22.7 Å². The van der Waals surface area contributed by atoms with Crippen molar-refractivity contribution in [3.63, 3.8) is 0 Å². The van der Waals surface area contributed by atoms with Crippen LogP contribution in [-0.4, -0.2) is 22.1 Å². The Labute approximate surface area is 110 Å². The second-order valence-corrected chi connectivity index (χ2v) is 4.36. The molecule has 0 spiro atoms. The molecule has 0 radical (unpaired) electrons. The number of benzene rings is 1. The fourth-order valence-electron chi connectivity index (χ4n) is 1.90. The monoisotopic (exact) mass is 262 g/mol. The van der Waals surface area contributed by atoms with Crippen molar-refractivity contribution < 1.29 is 14.3 Å². The number of carbonyl (C=O) groups is 1. The van der Waals surface area contributed by atoms with Gasteiger partial charge in [0.2, 0.25) is 0 Å². The summed E-state index contributed by atoms with van der Waals surface area (Å²) in [5.41, 5.74) is 0.505. The largest absolute Gasteiger partial charge is 0.480 e. The van der Waals surface area contributed by atoms with Gasteiger partial charge in [0.05, 0.1) is 5.52 Å². The fraction of sp³-hybridized carbons (Fsp3) is 0.286. The molecule has 1 unspecified atom stereocenters. The Balaban J connectivity index is 2.27. The summed E-state index contributed by atoms with van der Waals surface area (Å²) in [6.45, 7) is 1.92. The van der Waals surface area contributed by atoms with E-state index < -0.39 is 12.0 Å². The van der Waals surface area contributed by atoms with Crippen LogP contribution < -0.4 is 5.32 Å². The van der Waals surface area contributed by atoms with E-state index in [0.717, 1.165) is 11.8 Å². The summed E-state index contributed by atoms with van der Waals surface area (Å²) in [7, 11) is 0. The van der Waals surface area contributed by atoms with E-state index in [1.54, 1.807) is 18.2 Å². The van der Waals surface area contributed by atoms with Gasteiger partial charge in [0, 0.05) is 11.5 Å². The molecule has 1 heterocycles. The number of nitrogens with zero attached hydrogens (tertiary/aromatic N) is 1. The third kappa shape index (κ3) is 3.19. The molecule has 1 aromatic heterocycles. The number of nitrogens with one attached hydrogen (secondary N) is 1. The highest BCUT2D eigenvalue weighted by Crippen LogP contribution is 2.17. The topological polar surface area (TPSA) is 62.2 Å². The van der Waals surface area contributed by atoms with Crippen molar-refractivity contribution in [1.82, 2.24) is 4.98 Å². The zero-order valence-corrected chi connectivity index (χ0v) is 10.6. The SMILES string of the molecule is CCCC(Nc1ccc2ccc(F)cc2n1)C(=O)O. The van der Waals surface area contributed by atoms with E-state index in [2.05, 4.69) is 10.3 Å². The Morgan fingerprint density at radius 1 is 1.42 bits per heavy atom. The van der Waals surface area contributed by atoms with Gasteiger partial charge in [-0.15, -0.1) is 0 Å². The Kier molecular flexibility index (Phi) is 3.94. The van der Waals surface area contributed by atoms with Crippen molar-refractivity contribution in [2.75, 3.05) is 5.32 Å². The Bertz CT molecular complexity index is 601. The first kappa shape index (κ1) is 13.3. The van der Waals surface area contributed by atoms with Crippen LogP contribution in [0.15, 0.2) is 30.3 Å². The maximum atomic E-state index is 13.1. The molecule has 4 nitrogen and oxygen atoms in total. The molecule has 0 aliphatic carbocycles. The van der Waals surface area contributed by atoms with Crippen LogP contribution in [0.2, 0.25) is 0 Å². The van der Waals surface area contributed by atoms with Gasteiger partial charge in [0.1, 0.15) is 17.7 Å². The molecular formula is C14H15FN2O2. The molecular weight excluding hydrogens is 247 g/mol. The number of aromatic nitrogens is 1. The highest BCUT2D eigenvalue weighted by atomic mass is 19.1. The lowest BCUT2D eigenvalue weighted by molar-refractivity contribution is -0.138. The van der Waals surface area contributed by atoms with Gasteiger partial charge in [-0.1, -0.05) is 13.3 Å². The third-order valence-electron chi connectivity index (χ3n) is 2.85. The summed E-state index contributed by atoms with van der Waals surface area (Å²) in [5, 5.41) is 12.7. The van der Waals surface area contributed by atoms with Crippen LogP contribution >= 0.6 is 0 Å². The molecule has 0 amide bonds. The van der Waals surface area contributed by atoms with Crippen LogP contribution in [0, 0.1) is 5.82 Å². The van der Waals surface area contributed by atoms with Crippen molar-refractivity contribution in [1.29, 1.82) is 0 Å². The Morgan fingerprint density at radius 2 is 2.16 bits per heavy atom. The molecule has 19 heavy (non-hydrogen) atoms. The minimum absolute atomic E-state index is 0.361. The van der Waals surface area contributed by atoms with Crippen LogP contribution in [0.4, 0.5) is 10.2 Å². The lowest BCUT2D eigenvalue weighted by Gasteiger charge is -2.14. The van der Waals surface area contributed by atoms with Gasteiger partial charge in [-0.05, 0) is 30.7 Å². The minimum Gasteiger partial charge on any atom is -0.480 e. The number of carboxylic acid groups (broad SMARTS) is 1. The molecule has 0 aliphatic rings. The fourth-order valence-corrected chi connectivity index (χ4v) is 1.90. The lowest BCUT2D eigenvalue weighted by atomic mass is 10.1. The minimum atomic E-state index is -0.914. The van der Waals surface area contributed by atoms with Crippen LogP contribution in [-0.2, 0) is 4.79 Å². The van der Waals surface area contributed by atoms with Crippen molar-refractivity contribution in [2.24, 2.45) is 0 Å². The van der Waals surface area contributed by atoms with Crippen LogP contribution in [0.1, 0.15) is 19.8 Å². The summed E-state index contributed by atoms with van der Waals surface area (Å²) in [6.07, 6.45) is 1.27. The summed E-state index contributed by atoms with van der Waals surface area (Å²) < 4.78 is 13.1. The molecule has 2 rings (SSSR count). The highest BCUT2D eigenvalue weighted by Gasteiger charge is 2.16. The number of hydrogen-bond donors (Lipinski definition) is 2. The molecule has 1 aromatic carbocycles. The summed E-state index contributed by atoms with van der Waals surface area (Å²) in [6, 6.07) is 7.15. The molecule has 0 fully saturated rings. The molecule has 1 atom stereocenters. The predicted molar refractivity (Wildman–Crippen MR) is 71.7 cm³/mol. The number of anilines is 1. The van der Waals surface area contributed by atoms with Gasteiger partial charge in [-0.2, -0.15) is 0 Å². The summed E-state index contributed by atoms with van der Waals surface area (Å²) >= 11 is 0. The smallest absolute Gasteiger partial charge is 0.326 e. The average molecular weight is 262 g/mol. The second-order valence-electron chi connectivity index (χ2n) is 4.36. The maximum absolute atomic E-state index is 13.1. The van der Waals surface area contributed by atoms with E-state index in [4.69, 9.17) is 5.11 Å². The number of carboxylic acids is 1. The number of halogens is 1. The van der Waals surface area contributed by atoms with E-state index in [-0.39, 0.29) is 5.82 Å². The standard InChI is InChI=1S/C14H15FN2O2/c1-2-3-11(14(18)19)16-13-7-5-9-4-6-10(15)8-12(9)17-13/h4-8,11H,2-3H2,1H3,(H,16,17)(H,18,19). The Hall–Kier alpha value is -2.17. The van der Waals surface area contributed by atoms with Crippen LogP contribution in [0.5, 0.6) is 0 Å². The van der Waals surface area contributed by atoms with E-state index in [9.17, 15) is 9.18 Å². The normalized spacial score (nSPS) is 12.3. The first-order valence-corrected chi connectivity index (χ1v) is 6.16. The molecule has 5 heteroatoms. The quantitative estimate of drug-likeness (QED) is 0.869. The Morgan fingerprint density at radius 3 is 2.84 bits per heavy atom. The number of rotatable bonds is 5. The number of pyridine rings is 1. The van der Waals surface area contributed by atoms with Crippen molar-refractivity contribution in [3.8, 4) is 0 Å². The number of aliphatic carboxylic acids is 1. The van der Waals surface area contributed by atoms with E-state index >= 15 is 0 Å². The molecule has 0 bridgehead atoms. The molecule has 2 N–H and O–H groups in total. The van der Waals surface area contributed by atoms with Crippen LogP contribution in [0.3, 0.4) is 0 Å². The van der Waals surface area contributed by atoms with Crippen LogP contribution in [0.25, 0.3) is 10.9 Å². The highest BCUT2D eigenvalue weighted by molar-refractivity contribution is 5.81. The predicted octanol–water partition coefficient (Wildman–Crippen LogP) is 3.04. The van der Waals surface area contributed by atoms with E-state index in [1.165, 1.54) is 12.1 Å². The molecule has 0 saturated carbocycles. The maximum Gasteiger partial charge on any atom is 0.326 e. The van der Waals surface area contributed by atoms with Crippen molar-refractivity contribution in [3.05, 3.63) is 36.1 Å². The average Bonchev–Trinajstić information content (AvgIpc) is 2.37. The van der Waals surface area contributed by atoms with Gasteiger partial charge in [-0.25, -0.2) is 14.2 Å². The van der Waals surface area contributed by atoms with E-state index in [0.29, 0.717) is 17.8 Å². The molecule has 0 aliphatic heterocycles. The van der Waals surface area contributed by atoms with Gasteiger partial charge < -0.3 is 10.4 Å². The zero-order chi connectivity index (χ0) is 13.8. The van der Waals surface area contributed by atoms with Gasteiger partial charge in [-0.3, -0.25) is 0 Å². The number of hydrogen-bond acceptors (Lipinski definition) is 3. The lowest BCUT2D eigenvalue weighted by Crippen LogP contribution is -2.29. The summed E-state index contributed by atoms with van der Waals surface area (Å²) in [4.78, 5) is 15.3. The first-order valence-electron chi connectivity index (χ1n) is 6.16. The summed E-state index contributed by atoms with van der Waals surface area (Å²) in [5.74, 6) is -0.831. The molecule has 100 valence electrons. The zero-order valence-electron chi connectivity index (χ0n) is 10.6. The third-order valence-corrected chi connectivity index (χ3v) is 2.85. The first-order chi connectivity index (χ1) is 9.10. The van der Waals surface area contributed by atoms with E-state index in [1.807, 2.05) is 6.92 Å². The van der Waals surface area contributed by atoms with Gasteiger partial charge in [0.25, 0.3) is 0 Å². The second kappa shape index (κ2) is 5.65. The van der Waals surface area contributed by atoms with Gasteiger partial charge in [0.15, 0.2) is 0 Å². The molecule has 0 saturated heterocycles. The molecule has 2 aromatic rings.